The molecule has 1 aliphatic heterocycles. The molecule has 0 amide bonds. The molecule has 120 valence electrons. The first-order valence-electron chi connectivity index (χ1n) is 7.59. The van der Waals surface area contributed by atoms with Crippen molar-refractivity contribution < 1.29 is 9.47 Å². The Hall–Kier alpha value is -2.53. The van der Waals surface area contributed by atoms with E-state index in [-0.39, 0.29) is 6.04 Å². The molecule has 2 aromatic carbocycles. The largest absolute Gasteiger partial charge is 0.497 e. The zero-order valence-electron chi connectivity index (χ0n) is 13.4. The van der Waals surface area contributed by atoms with Gasteiger partial charge in [0.25, 0.3) is 0 Å². The zero-order chi connectivity index (χ0) is 16.2. The molecule has 5 heteroatoms. The molecule has 1 heterocycles. The van der Waals surface area contributed by atoms with E-state index in [0.29, 0.717) is 6.54 Å². The first-order chi connectivity index (χ1) is 11.3. The maximum atomic E-state index is 5.83. The molecule has 1 unspecified atom stereocenters. The second-order valence-electron chi connectivity index (χ2n) is 5.38. The highest BCUT2D eigenvalue weighted by Crippen LogP contribution is 2.40. The number of ether oxygens (including phenoxy) is 2. The first-order valence-corrected chi connectivity index (χ1v) is 7.59. The Morgan fingerprint density at radius 1 is 1.13 bits per heavy atom. The molecule has 0 aliphatic carbocycles. The standard InChI is InChI=1S/C18H21N3O2/c1-22-15-7-5-6-13(10-15)17-11-14(12-19)20-21(17)16-8-3-4-9-18(16)23-2/h3-10,17H,11-12,19H2,1-2H3. The van der Waals surface area contributed by atoms with Gasteiger partial charge in [0.1, 0.15) is 17.2 Å². The van der Waals surface area contributed by atoms with Crippen LogP contribution < -0.4 is 20.2 Å². The Bertz CT molecular complexity index is 715. The fourth-order valence-corrected chi connectivity index (χ4v) is 2.85. The van der Waals surface area contributed by atoms with Gasteiger partial charge in [-0.2, -0.15) is 5.10 Å². The molecule has 0 saturated heterocycles. The molecule has 2 aromatic rings. The lowest BCUT2D eigenvalue weighted by Crippen LogP contribution is -2.19. The van der Waals surface area contributed by atoms with Crippen LogP contribution in [0.25, 0.3) is 0 Å². The molecular formula is C18H21N3O2. The van der Waals surface area contributed by atoms with Crippen LogP contribution in [0, 0.1) is 0 Å². The van der Waals surface area contributed by atoms with Gasteiger partial charge in [-0.3, -0.25) is 5.01 Å². The molecule has 2 N–H and O–H groups in total. The Morgan fingerprint density at radius 3 is 2.70 bits per heavy atom. The van der Waals surface area contributed by atoms with Gasteiger partial charge in [0.15, 0.2) is 0 Å². The maximum Gasteiger partial charge on any atom is 0.144 e. The van der Waals surface area contributed by atoms with E-state index >= 15 is 0 Å². The number of nitrogens with zero attached hydrogens (tertiary/aromatic N) is 2. The number of rotatable bonds is 5. The lowest BCUT2D eigenvalue weighted by atomic mass is 10.0. The third kappa shape index (κ3) is 3.00. The summed E-state index contributed by atoms with van der Waals surface area (Å²) in [6.07, 6.45) is 0.793. The van der Waals surface area contributed by atoms with Crippen LogP contribution in [-0.2, 0) is 0 Å². The highest BCUT2D eigenvalue weighted by molar-refractivity contribution is 5.90. The number of para-hydroxylation sites is 2. The molecule has 0 spiro atoms. The van der Waals surface area contributed by atoms with E-state index < -0.39 is 0 Å². The topological polar surface area (TPSA) is 60.1 Å². The van der Waals surface area contributed by atoms with Crippen LogP contribution in [0.3, 0.4) is 0 Å². The monoisotopic (exact) mass is 311 g/mol. The summed E-state index contributed by atoms with van der Waals surface area (Å²) in [5.41, 5.74) is 8.88. The van der Waals surface area contributed by atoms with Crippen molar-refractivity contribution in [2.75, 3.05) is 25.8 Å². The lowest BCUT2D eigenvalue weighted by Gasteiger charge is -2.25. The van der Waals surface area contributed by atoms with E-state index in [0.717, 1.165) is 34.9 Å². The van der Waals surface area contributed by atoms with E-state index in [2.05, 4.69) is 6.07 Å². The molecule has 0 fully saturated rings. The van der Waals surface area contributed by atoms with Crippen LogP contribution in [0.1, 0.15) is 18.0 Å². The van der Waals surface area contributed by atoms with Gasteiger partial charge in [0, 0.05) is 13.0 Å². The SMILES string of the molecule is COc1cccc(C2CC(CN)=NN2c2ccccc2OC)c1. The second kappa shape index (κ2) is 6.71. The normalized spacial score (nSPS) is 17.1. The van der Waals surface area contributed by atoms with Crippen molar-refractivity contribution in [3.05, 3.63) is 54.1 Å². The van der Waals surface area contributed by atoms with Crippen molar-refractivity contribution in [2.45, 2.75) is 12.5 Å². The first kappa shape index (κ1) is 15.4. The summed E-state index contributed by atoms with van der Waals surface area (Å²) in [6, 6.07) is 16.0. The van der Waals surface area contributed by atoms with Gasteiger partial charge in [-0.25, -0.2) is 0 Å². The van der Waals surface area contributed by atoms with E-state index in [1.54, 1.807) is 14.2 Å². The van der Waals surface area contributed by atoms with E-state index in [4.69, 9.17) is 20.3 Å². The van der Waals surface area contributed by atoms with Crippen LogP contribution in [0.15, 0.2) is 53.6 Å². The van der Waals surface area contributed by atoms with Gasteiger partial charge in [-0.1, -0.05) is 24.3 Å². The van der Waals surface area contributed by atoms with Crippen LogP contribution in [0.5, 0.6) is 11.5 Å². The third-order valence-corrected chi connectivity index (χ3v) is 4.02. The van der Waals surface area contributed by atoms with Gasteiger partial charge >= 0.3 is 0 Å². The van der Waals surface area contributed by atoms with Crippen molar-refractivity contribution in [1.82, 2.24) is 0 Å². The van der Waals surface area contributed by atoms with Crippen LogP contribution in [0.2, 0.25) is 0 Å². The molecular weight excluding hydrogens is 290 g/mol. The summed E-state index contributed by atoms with van der Waals surface area (Å²) in [5.74, 6) is 1.63. The number of hydrogen-bond donors (Lipinski definition) is 1. The summed E-state index contributed by atoms with van der Waals surface area (Å²) in [5, 5.41) is 6.70. The average Bonchev–Trinajstić information content (AvgIpc) is 3.06. The van der Waals surface area contributed by atoms with Crippen LogP contribution in [-0.4, -0.2) is 26.5 Å². The highest BCUT2D eigenvalue weighted by atomic mass is 16.5. The minimum Gasteiger partial charge on any atom is -0.497 e. The lowest BCUT2D eigenvalue weighted by molar-refractivity contribution is 0.412. The molecule has 3 rings (SSSR count). The van der Waals surface area contributed by atoms with Gasteiger partial charge in [-0.05, 0) is 29.8 Å². The number of anilines is 1. The maximum absolute atomic E-state index is 5.83. The number of benzene rings is 2. The fourth-order valence-electron chi connectivity index (χ4n) is 2.85. The Kier molecular flexibility index (Phi) is 4.48. The van der Waals surface area contributed by atoms with E-state index in [9.17, 15) is 0 Å². The van der Waals surface area contributed by atoms with Crippen molar-refractivity contribution in [1.29, 1.82) is 0 Å². The van der Waals surface area contributed by atoms with Gasteiger partial charge in [-0.15, -0.1) is 0 Å². The van der Waals surface area contributed by atoms with Gasteiger partial charge in [0.2, 0.25) is 0 Å². The quantitative estimate of drug-likeness (QED) is 0.922. The summed E-state index contributed by atoms with van der Waals surface area (Å²) in [7, 11) is 3.34. The van der Waals surface area contributed by atoms with Crippen molar-refractivity contribution in [2.24, 2.45) is 10.8 Å². The molecule has 1 atom stereocenters. The van der Waals surface area contributed by atoms with Crippen LogP contribution >= 0.6 is 0 Å². The Morgan fingerprint density at radius 2 is 1.96 bits per heavy atom. The summed E-state index contributed by atoms with van der Waals surface area (Å²) < 4.78 is 10.8. The minimum atomic E-state index is 0.0833. The molecule has 0 aromatic heterocycles. The van der Waals surface area contributed by atoms with Gasteiger partial charge < -0.3 is 15.2 Å². The fraction of sp³-hybridized carbons (Fsp3) is 0.278. The third-order valence-electron chi connectivity index (χ3n) is 4.02. The molecule has 0 saturated carbocycles. The molecule has 23 heavy (non-hydrogen) atoms. The molecule has 5 nitrogen and oxygen atoms in total. The molecule has 1 aliphatic rings. The minimum absolute atomic E-state index is 0.0833. The van der Waals surface area contributed by atoms with Crippen molar-refractivity contribution in [3.63, 3.8) is 0 Å². The predicted molar refractivity (Wildman–Crippen MR) is 92.3 cm³/mol. The van der Waals surface area contributed by atoms with E-state index in [1.165, 1.54) is 0 Å². The summed E-state index contributed by atoms with van der Waals surface area (Å²) in [6.45, 7) is 0.451. The summed E-state index contributed by atoms with van der Waals surface area (Å²) in [4.78, 5) is 0. The molecule has 0 bridgehead atoms. The summed E-state index contributed by atoms with van der Waals surface area (Å²) >= 11 is 0. The highest BCUT2D eigenvalue weighted by Gasteiger charge is 2.30. The predicted octanol–water partition coefficient (Wildman–Crippen LogP) is 2.97. The smallest absolute Gasteiger partial charge is 0.144 e. The van der Waals surface area contributed by atoms with Crippen molar-refractivity contribution in [3.8, 4) is 11.5 Å². The van der Waals surface area contributed by atoms with Gasteiger partial charge in [0.05, 0.1) is 26.0 Å². The Labute approximate surface area is 136 Å². The van der Waals surface area contributed by atoms with Crippen molar-refractivity contribution >= 4 is 11.4 Å². The number of methoxy groups -OCH3 is 2. The number of hydrogen-bond acceptors (Lipinski definition) is 5. The Balaban J connectivity index is 2.02. The average molecular weight is 311 g/mol. The zero-order valence-corrected chi connectivity index (χ0v) is 13.4. The second-order valence-corrected chi connectivity index (χ2v) is 5.38. The van der Waals surface area contributed by atoms with Crippen LogP contribution in [0.4, 0.5) is 5.69 Å². The number of nitrogens with two attached hydrogens (primary N) is 1. The number of hydrazone groups is 1. The van der Waals surface area contributed by atoms with E-state index in [1.807, 2.05) is 47.5 Å². The molecule has 0 radical (unpaired) electrons.